The summed E-state index contributed by atoms with van der Waals surface area (Å²) in [5.74, 6) is 0.221. The van der Waals surface area contributed by atoms with Crippen LogP contribution in [0.25, 0.3) is 0 Å². The summed E-state index contributed by atoms with van der Waals surface area (Å²) in [5.41, 5.74) is 2.42. The highest BCUT2D eigenvalue weighted by Gasteiger charge is 2.21. The van der Waals surface area contributed by atoms with E-state index in [-0.39, 0.29) is 11.8 Å². The van der Waals surface area contributed by atoms with Crippen LogP contribution in [-0.4, -0.2) is 25.0 Å². The predicted octanol–water partition coefficient (Wildman–Crippen LogP) is 3.35. The first-order valence-electron chi connectivity index (χ1n) is 9.46. The van der Waals surface area contributed by atoms with Gasteiger partial charge in [-0.1, -0.05) is 60.7 Å². The molecule has 29 heavy (non-hydrogen) atoms. The quantitative estimate of drug-likeness (QED) is 0.622. The minimum atomic E-state index is -0.685. The molecule has 1 unspecified atom stereocenters. The zero-order valence-corrected chi connectivity index (χ0v) is 16.3. The van der Waals surface area contributed by atoms with Crippen LogP contribution in [0.1, 0.15) is 21.5 Å². The van der Waals surface area contributed by atoms with Crippen LogP contribution in [0.2, 0.25) is 0 Å². The first kappa shape index (κ1) is 20.1. The van der Waals surface area contributed by atoms with E-state index < -0.39 is 6.04 Å². The third-order valence-electron chi connectivity index (χ3n) is 4.54. The molecular formula is C24H24N2O3. The van der Waals surface area contributed by atoms with Gasteiger partial charge in [0.2, 0.25) is 5.91 Å². The van der Waals surface area contributed by atoms with Crippen molar-refractivity contribution in [3.8, 4) is 5.75 Å². The van der Waals surface area contributed by atoms with E-state index in [1.165, 1.54) is 0 Å². The number of benzene rings is 3. The number of ether oxygens (including phenoxy) is 1. The highest BCUT2D eigenvalue weighted by molar-refractivity contribution is 5.97. The second-order valence-electron chi connectivity index (χ2n) is 6.65. The fourth-order valence-electron chi connectivity index (χ4n) is 2.98. The fraction of sp³-hybridized carbons (Fsp3) is 0.167. The zero-order chi connectivity index (χ0) is 20.5. The largest absolute Gasteiger partial charge is 0.497 e. The standard InChI is InChI=1S/C24H24N2O3/c1-29-21-14-8-11-19(15-21)17-25-24(28)22(16-18-9-4-2-5-10-18)26-23(27)20-12-6-3-7-13-20/h2-15,22H,16-17H2,1H3,(H,25,28)(H,26,27). The van der Waals surface area contributed by atoms with Crippen molar-refractivity contribution in [2.24, 2.45) is 0 Å². The number of methoxy groups -OCH3 is 1. The molecule has 148 valence electrons. The van der Waals surface area contributed by atoms with E-state index in [1.807, 2.05) is 60.7 Å². The smallest absolute Gasteiger partial charge is 0.251 e. The molecule has 1 atom stereocenters. The van der Waals surface area contributed by atoms with Crippen LogP contribution >= 0.6 is 0 Å². The Hall–Kier alpha value is -3.60. The van der Waals surface area contributed by atoms with Crippen molar-refractivity contribution in [1.82, 2.24) is 10.6 Å². The maximum absolute atomic E-state index is 12.9. The van der Waals surface area contributed by atoms with Gasteiger partial charge in [-0.25, -0.2) is 0 Å². The van der Waals surface area contributed by atoms with Crippen molar-refractivity contribution >= 4 is 11.8 Å². The molecule has 0 aromatic heterocycles. The molecule has 0 aliphatic heterocycles. The summed E-state index contributed by atoms with van der Waals surface area (Å²) in [5, 5.41) is 5.78. The summed E-state index contributed by atoms with van der Waals surface area (Å²) >= 11 is 0. The van der Waals surface area contributed by atoms with Crippen molar-refractivity contribution in [1.29, 1.82) is 0 Å². The molecule has 3 aromatic carbocycles. The number of hydrogen-bond donors (Lipinski definition) is 2. The van der Waals surface area contributed by atoms with E-state index in [0.717, 1.165) is 16.9 Å². The summed E-state index contributed by atoms with van der Waals surface area (Å²) in [7, 11) is 1.60. The Morgan fingerprint density at radius 1 is 0.862 bits per heavy atom. The van der Waals surface area contributed by atoms with Gasteiger partial charge >= 0.3 is 0 Å². The lowest BCUT2D eigenvalue weighted by molar-refractivity contribution is -0.123. The monoisotopic (exact) mass is 388 g/mol. The third-order valence-corrected chi connectivity index (χ3v) is 4.54. The van der Waals surface area contributed by atoms with Crippen LogP contribution in [0.5, 0.6) is 5.75 Å². The van der Waals surface area contributed by atoms with E-state index >= 15 is 0 Å². The molecule has 5 nitrogen and oxygen atoms in total. The molecule has 2 N–H and O–H groups in total. The number of nitrogens with one attached hydrogen (secondary N) is 2. The molecule has 0 aliphatic carbocycles. The molecule has 0 heterocycles. The third kappa shape index (κ3) is 5.94. The highest BCUT2D eigenvalue weighted by Crippen LogP contribution is 2.12. The van der Waals surface area contributed by atoms with Crippen LogP contribution in [0.4, 0.5) is 0 Å². The first-order valence-corrected chi connectivity index (χ1v) is 9.46. The van der Waals surface area contributed by atoms with Gasteiger partial charge in [-0.3, -0.25) is 9.59 Å². The molecule has 0 aliphatic rings. The maximum atomic E-state index is 12.9. The van der Waals surface area contributed by atoms with E-state index in [0.29, 0.717) is 18.5 Å². The molecule has 2 amide bonds. The van der Waals surface area contributed by atoms with Crippen molar-refractivity contribution in [3.05, 3.63) is 102 Å². The summed E-state index contributed by atoms with van der Waals surface area (Å²) in [6.07, 6.45) is 0.406. The molecule has 0 bridgehead atoms. The van der Waals surface area contributed by atoms with Gasteiger partial charge in [0.25, 0.3) is 5.91 Å². The molecule has 0 fully saturated rings. The molecule has 3 aromatic rings. The minimum Gasteiger partial charge on any atom is -0.497 e. The second kappa shape index (κ2) is 10.1. The lowest BCUT2D eigenvalue weighted by Gasteiger charge is -2.19. The van der Waals surface area contributed by atoms with E-state index in [9.17, 15) is 9.59 Å². The number of carbonyl (C=O) groups excluding carboxylic acids is 2. The highest BCUT2D eigenvalue weighted by atomic mass is 16.5. The Morgan fingerprint density at radius 2 is 1.52 bits per heavy atom. The lowest BCUT2D eigenvalue weighted by atomic mass is 10.0. The topological polar surface area (TPSA) is 67.4 Å². The maximum Gasteiger partial charge on any atom is 0.251 e. The molecular weight excluding hydrogens is 364 g/mol. The second-order valence-corrected chi connectivity index (χ2v) is 6.65. The SMILES string of the molecule is COc1cccc(CNC(=O)C(Cc2ccccc2)NC(=O)c2ccccc2)c1. The number of amides is 2. The molecule has 0 saturated carbocycles. The normalized spacial score (nSPS) is 11.3. The Balaban J connectivity index is 1.70. The Kier molecular flexibility index (Phi) is 7.00. The lowest BCUT2D eigenvalue weighted by Crippen LogP contribution is -2.47. The van der Waals surface area contributed by atoms with Crippen molar-refractivity contribution in [2.45, 2.75) is 19.0 Å². The minimum absolute atomic E-state index is 0.235. The van der Waals surface area contributed by atoms with Gasteiger partial charge in [-0.05, 0) is 35.4 Å². The fourth-order valence-corrected chi connectivity index (χ4v) is 2.98. The average molecular weight is 388 g/mol. The number of rotatable bonds is 8. The van der Waals surface area contributed by atoms with E-state index in [1.54, 1.807) is 31.4 Å². The molecule has 0 spiro atoms. The van der Waals surface area contributed by atoms with Gasteiger partial charge in [-0.2, -0.15) is 0 Å². The van der Waals surface area contributed by atoms with Gasteiger partial charge in [0.15, 0.2) is 0 Å². The Bertz CT molecular complexity index is 943. The van der Waals surface area contributed by atoms with Gasteiger partial charge in [-0.15, -0.1) is 0 Å². The molecule has 0 saturated heterocycles. The molecule has 3 rings (SSSR count). The summed E-state index contributed by atoms with van der Waals surface area (Å²) in [6, 6.07) is 25.3. The van der Waals surface area contributed by atoms with Gasteiger partial charge in [0, 0.05) is 18.5 Å². The van der Waals surface area contributed by atoms with Gasteiger partial charge < -0.3 is 15.4 Å². The zero-order valence-electron chi connectivity index (χ0n) is 16.3. The first-order chi connectivity index (χ1) is 14.2. The van der Waals surface area contributed by atoms with Crippen LogP contribution < -0.4 is 15.4 Å². The summed E-state index contributed by atoms with van der Waals surface area (Å²) in [6.45, 7) is 0.350. The average Bonchev–Trinajstić information content (AvgIpc) is 2.78. The van der Waals surface area contributed by atoms with Crippen molar-refractivity contribution in [3.63, 3.8) is 0 Å². The van der Waals surface area contributed by atoms with E-state index in [2.05, 4.69) is 10.6 Å². The Labute approximate surface area is 170 Å². The van der Waals surface area contributed by atoms with Crippen molar-refractivity contribution in [2.75, 3.05) is 7.11 Å². The van der Waals surface area contributed by atoms with Crippen molar-refractivity contribution < 1.29 is 14.3 Å². The van der Waals surface area contributed by atoms with Gasteiger partial charge in [0.05, 0.1) is 7.11 Å². The molecule has 0 radical (unpaired) electrons. The van der Waals surface area contributed by atoms with Crippen LogP contribution in [0, 0.1) is 0 Å². The molecule has 5 heteroatoms. The van der Waals surface area contributed by atoms with E-state index in [4.69, 9.17) is 4.74 Å². The number of carbonyl (C=O) groups is 2. The van der Waals surface area contributed by atoms with Crippen LogP contribution in [0.3, 0.4) is 0 Å². The van der Waals surface area contributed by atoms with Crippen LogP contribution in [0.15, 0.2) is 84.9 Å². The van der Waals surface area contributed by atoms with Gasteiger partial charge in [0.1, 0.15) is 11.8 Å². The Morgan fingerprint density at radius 3 is 2.21 bits per heavy atom. The van der Waals surface area contributed by atoms with Crippen LogP contribution in [-0.2, 0) is 17.8 Å². The summed E-state index contributed by atoms with van der Waals surface area (Å²) in [4.78, 5) is 25.5. The number of hydrogen-bond acceptors (Lipinski definition) is 3. The summed E-state index contributed by atoms with van der Waals surface area (Å²) < 4.78 is 5.22. The predicted molar refractivity (Wildman–Crippen MR) is 113 cm³/mol.